The van der Waals surface area contributed by atoms with Crippen molar-refractivity contribution in [2.45, 2.75) is 26.9 Å². The lowest BCUT2D eigenvalue weighted by atomic mass is 10.1. The summed E-state index contributed by atoms with van der Waals surface area (Å²) >= 11 is 0. The van der Waals surface area contributed by atoms with Crippen LogP contribution in [0.15, 0.2) is 42.5 Å². The minimum Gasteiger partial charge on any atom is -0.481 e. The van der Waals surface area contributed by atoms with Gasteiger partial charge in [0.1, 0.15) is 5.75 Å². The Morgan fingerprint density at radius 1 is 1.11 bits per heavy atom. The van der Waals surface area contributed by atoms with Crippen molar-refractivity contribution in [3.8, 4) is 5.75 Å². The zero-order valence-corrected chi connectivity index (χ0v) is 16.2. The molecular formula is C21H26N2O4. The lowest BCUT2D eigenvalue weighted by molar-refractivity contribution is -0.122. The monoisotopic (exact) mass is 370 g/mol. The van der Waals surface area contributed by atoms with E-state index in [-0.39, 0.29) is 11.8 Å². The Bertz CT molecular complexity index is 805. The smallest absolute Gasteiger partial charge is 0.265 e. The molecule has 6 nitrogen and oxygen atoms in total. The Labute approximate surface area is 159 Å². The van der Waals surface area contributed by atoms with E-state index in [1.165, 1.54) is 0 Å². The average molecular weight is 370 g/mol. The summed E-state index contributed by atoms with van der Waals surface area (Å²) in [4.78, 5) is 24.9. The van der Waals surface area contributed by atoms with Crippen LogP contribution in [0.2, 0.25) is 0 Å². The number of ether oxygens (including phenoxy) is 2. The van der Waals surface area contributed by atoms with Crippen molar-refractivity contribution in [2.24, 2.45) is 0 Å². The molecule has 27 heavy (non-hydrogen) atoms. The molecular weight excluding hydrogens is 344 g/mol. The number of carbonyl (C=O) groups excluding carboxylic acids is 2. The van der Waals surface area contributed by atoms with E-state index in [0.29, 0.717) is 30.2 Å². The number of aryl methyl sites for hydroxylation is 2. The summed E-state index contributed by atoms with van der Waals surface area (Å²) in [5.74, 6) is 0.0619. The van der Waals surface area contributed by atoms with Gasteiger partial charge >= 0.3 is 0 Å². The summed E-state index contributed by atoms with van der Waals surface area (Å²) in [5.41, 5.74) is 2.92. The first kappa shape index (κ1) is 20.5. The fourth-order valence-electron chi connectivity index (χ4n) is 2.56. The van der Waals surface area contributed by atoms with Gasteiger partial charge in [-0.05, 0) is 44.5 Å². The van der Waals surface area contributed by atoms with Gasteiger partial charge in [0.2, 0.25) is 0 Å². The first-order valence-corrected chi connectivity index (χ1v) is 8.83. The molecule has 2 aromatic carbocycles. The van der Waals surface area contributed by atoms with E-state index in [2.05, 4.69) is 10.6 Å². The van der Waals surface area contributed by atoms with E-state index in [9.17, 15) is 9.59 Å². The van der Waals surface area contributed by atoms with Gasteiger partial charge in [0.15, 0.2) is 6.10 Å². The van der Waals surface area contributed by atoms with Crippen LogP contribution in [0.4, 0.5) is 5.69 Å². The summed E-state index contributed by atoms with van der Waals surface area (Å²) in [6.45, 7) is 6.43. The van der Waals surface area contributed by atoms with Crippen molar-refractivity contribution < 1.29 is 19.1 Å². The van der Waals surface area contributed by atoms with Crippen molar-refractivity contribution in [3.63, 3.8) is 0 Å². The number of anilines is 1. The lowest BCUT2D eigenvalue weighted by Gasteiger charge is -2.18. The third-order valence-electron chi connectivity index (χ3n) is 4.02. The maximum absolute atomic E-state index is 12.5. The van der Waals surface area contributed by atoms with Gasteiger partial charge in [-0.25, -0.2) is 0 Å². The van der Waals surface area contributed by atoms with E-state index in [4.69, 9.17) is 9.47 Å². The van der Waals surface area contributed by atoms with Gasteiger partial charge in [-0.15, -0.1) is 0 Å². The highest BCUT2D eigenvalue weighted by molar-refractivity contribution is 6.04. The average Bonchev–Trinajstić information content (AvgIpc) is 2.64. The van der Waals surface area contributed by atoms with Crippen molar-refractivity contribution in [1.29, 1.82) is 0 Å². The van der Waals surface area contributed by atoms with Gasteiger partial charge in [0.25, 0.3) is 11.8 Å². The minimum absolute atomic E-state index is 0.272. The SMILES string of the molecule is COCCNC(=O)c1ccccc1NC(=O)[C@H](C)Oc1ccc(C)cc1C. The number of amides is 2. The number of hydrogen-bond acceptors (Lipinski definition) is 4. The molecule has 1 atom stereocenters. The van der Waals surface area contributed by atoms with Crippen LogP contribution in [-0.2, 0) is 9.53 Å². The Kier molecular flexibility index (Phi) is 7.37. The fraction of sp³-hybridized carbons (Fsp3) is 0.333. The Balaban J connectivity index is 2.05. The molecule has 0 bridgehead atoms. The molecule has 0 aliphatic heterocycles. The van der Waals surface area contributed by atoms with Crippen LogP contribution in [0.3, 0.4) is 0 Å². The predicted octanol–water partition coefficient (Wildman–Crippen LogP) is 3.09. The second-order valence-electron chi connectivity index (χ2n) is 6.31. The largest absolute Gasteiger partial charge is 0.481 e. The summed E-state index contributed by atoms with van der Waals surface area (Å²) in [6.07, 6.45) is -0.712. The molecule has 0 saturated heterocycles. The number of methoxy groups -OCH3 is 1. The van der Waals surface area contributed by atoms with Crippen molar-refractivity contribution >= 4 is 17.5 Å². The van der Waals surface area contributed by atoms with Crippen LogP contribution in [-0.4, -0.2) is 38.2 Å². The van der Waals surface area contributed by atoms with Crippen molar-refractivity contribution in [1.82, 2.24) is 5.32 Å². The summed E-state index contributed by atoms with van der Waals surface area (Å²) < 4.78 is 10.7. The van der Waals surface area contributed by atoms with Crippen LogP contribution in [0.25, 0.3) is 0 Å². The van der Waals surface area contributed by atoms with Gasteiger partial charge in [0, 0.05) is 13.7 Å². The van der Waals surface area contributed by atoms with E-state index in [0.717, 1.165) is 11.1 Å². The van der Waals surface area contributed by atoms with Crippen LogP contribution < -0.4 is 15.4 Å². The predicted molar refractivity (Wildman–Crippen MR) is 105 cm³/mol. The molecule has 0 aliphatic carbocycles. The van der Waals surface area contributed by atoms with Gasteiger partial charge in [-0.2, -0.15) is 0 Å². The van der Waals surface area contributed by atoms with Crippen LogP contribution >= 0.6 is 0 Å². The molecule has 6 heteroatoms. The summed E-state index contributed by atoms with van der Waals surface area (Å²) in [7, 11) is 1.57. The standard InChI is InChI=1S/C21H26N2O4/c1-14-9-10-19(15(2)13-14)27-16(3)20(24)23-18-8-6-5-7-17(18)21(25)22-11-12-26-4/h5-10,13,16H,11-12H2,1-4H3,(H,22,25)(H,23,24)/t16-/m0/s1. The van der Waals surface area contributed by atoms with Crippen LogP contribution in [0, 0.1) is 13.8 Å². The molecule has 0 heterocycles. The van der Waals surface area contributed by atoms with Gasteiger partial charge < -0.3 is 20.1 Å². The van der Waals surface area contributed by atoms with E-state index >= 15 is 0 Å². The second kappa shape index (κ2) is 9.73. The normalized spacial score (nSPS) is 11.6. The highest BCUT2D eigenvalue weighted by atomic mass is 16.5. The van der Waals surface area contributed by atoms with Crippen molar-refractivity contribution in [2.75, 3.05) is 25.6 Å². The highest BCUT2D eigenvalue weighted by Gasteiger charge is 2.19. The highest BCUT2D eigenvalue weighted by Crippen LogP contribution is 2.21. The van der Waals surface area contributed by atoms with Crippen molar-refractivity contribution in [3.05, 3.63) is 59.2 Å². The first-order valence-electron chi connectivity index (χ1n) is 8.83. The second-order valence-corrected chi connectivity index (χ2v) is 6.31. The maximum atomic E-state index is 12.5. The zero-order valence-electron chi connectivity index (χ0n) is 16.2. The van der Waals surface area contributed by atoms with E-state index in [1.807, 2.05) is 32.0 Å². The molecule has 2 N–H and O–H groups in total. The number of para-hydroxylation sites is 1. The van der Waals surface area contributed by atoms with E-state index < -0.39 is 6.10 Å². The molecule has 144 valence electrons. The molecule has 0 aromatic heterocycles. The van der Waals surface area contributed by atoms with Gasteiger partial charge in [0.05, 0.1) is 17.9 Å². The molecule has 2 aromatic rings. The molecule has 0 spiro atoms. The molecule has 0 radical (unpaired) electrons. The summed E-state index contributed by atoms with van der Waals surface area (Å²) in [5, 5.41) is 5.53. The summed E-state index contributed by atoms with van der Waals surface area (Å²) in [6, 6.07) is 12.6. The van der Waals surface area contributed by atoms with Gasteiger partial charge in [-0.1, -0.05) is 29.8 Å². The number of rotatable bonds is 8. The third-order valence-corrected chi connectivity index (χ3v) is 4.02. The first-order chi connectivity index (χ1) is 12.9. The quantitative estimate of drug-likeness (QED) is 0.700. The number of hydrogen-bond donors (Lipinski definition) is 2. The Hall–Kier alpha value is -2.86. The molecule has 0 unspecified atom stereocenters. The minimum atomic E-state index is -0.712. The van der Waals surface area contributed by atoms with Gasteiger partial charge in [-0.3, -0.25) is 9.59 Å². The molecule has 2 rings (SSSR count). The third kappa shape index (κ3) is 5.82. The molecule has 0 saturated carbocycles. The topological polar surface area (TPSA) is 76.7 Å². The number of benzene rings is 2. The molecule has 2 amide bonds. The Morgan fingerprint density at radius 3 is 2.56 bits per heavy atom. The lowest BCUT2D eigenvalue weighted by Crippen LogP contribution is -2.32. The maximum Gasteiger partial charge on any atom is 0.265 e. The zero-order chi connectivity index (χ0) is 19.8. The molecule has 0 aliphatic rings. The van der Waals surface area contributed by atoms with Crippen LogP contribution in [0.5, 0.6) is 5.75 Å². The Morgan fingerprint density at radius 2 is 1.85 bits per heavy atom. The number of nitrogens with one attached hydrogen (secondary N) is 2. The fourth-order valence-corrected chi connectivity index (χ4v) is 2.56. The number of carbonyl (C=O) groups is 2. The van der Waals surface area contributed by atoms with Crippen LogP contribution in [0.1, 0.15) is 28.4 Å². The van der Waals surface area contributed by atoms with E-state index in [1.54, 1.807) is 38.3 Å². The molecule has 0 fully saturated rings.